The van der Waals surface area contributed by atoms with Crippen molar-refractivity contribution in [3.8, 4) is 0 Å². The van der Waals surface area contributed by atoms with Crippen molar-refractivity contribution in [1.82, 2.24) is 10.0 Å². The third kappa shape index (κ3) is 2.30. The van der Waals surface area contributed by atoms with E-state index in [2.05, 4.69) is 11.1 Å². The fourth-order valence-corrected chi connectivity index (χ4v) is 3.60. The number of urea groups is 1. The van der Waals surface area contributed by atoms with Gasteiger partial charge in [-0.25, -0.2) is 4.79 Å². The van der Waals surface area contributed by atoms with Crippen molar-refractivity contribution < 1.29 is 10.0 Å². The van der Waals surface area contributed by atoms with E-state index in [1.807, 2.05) is 54.7 Å². The number of hydroxylamine groups is 2. The number of primary amides is 1. The van der Waals surface area contributed by atoms with E-state index in [1.165, 1.54) is 0 Å². The molecule has 1 aliphatic rings. The SMILES string of the molecule is NC(=O)N(O)C1c2ccccc2CC1c1cnc2ccccc2c1. The Morgan fingerprint density at radius 1 is 1.17 bits per heavy atom. The summed E-state index contributed by atoms with van der Waals surface area (Å²) >= 11 is 0. The summed E-state index contributed by atoms with van der Waals surface area (Å²) in [6, 6.07) is 16.4. The molecule has 0 radical (unpaired) electrons. The van der Waals surface area contributed by atoms with Crippen molar-refractivity contribution in [1.29, 1.82) is 0 Å². The maximum atomic E-state index is 11.6. The van der Waals surface area contributed by atoms with Gasteiger partial charge in [-0.05, 0) is 35.2 Å². The van der Waals surface area contributed by atoms with E-state index in [4.69, 9.17) is 5.73 Å². The zero-order valence-electron chi connectivity index (χ0n) is 13.0. The fraction of sp³-hybridized carbons (Fsp3) is 0.158. The Balaban J connectivity index is 1.81. The van der Waals surface area contributed by atoms with Crippen LogP contribution in [0.15, 0.2) is 60.8 Å². The summed E-state index contributed by atoms with van der Waals surface area (Å²) in [5, 5.41) is 11.9. The predicted octanol–water partition coefficient (Wildman–Crippen LogP) is 3.39. The van der Waals surface area contributed by atoms with Crippen molar-refractivity contribution in [2.45, 2.75) is 18.4 Å². The lowest BCUT2D eigenvalue weighted by atomic mass is 9.92. The average molecular weight is 319 g/mol. The number of hydrogen-bond donors (Lipinski definition) is 2. The number of nitrogens with zero attached hydrogens (tertiary/aromatic N) is 2. The Bertz CT molecular complexity index is 925. The normalized spacial score (nSPS) is 19.2. The Kier molecular flexibility index (Phi) is 3.43. The van der Waals surface area contributed by atoms with Crippen molar-refractivity contribution in [3.63, 3.8) is 0 Å². The van der Waals surface area contributed by atoms with E-state index in [0.717, 1.165) is 34.0 Å². The van der Waals surface area contributed by atoms with Gasteiger partial charge in [0.1, 0.15) is 0 Å². The van der Waals surface area contributed by atoms with Crippen LogP contribution in [0, 0.1) is 0 Å². The zero-order chi connectivity index (χ0) is 16.7. The third-order valence-electron chi connectivity index (χ3n) is 4.72. The molecule has 2 aromatic carbocycles. The van der Waals surface area contributed by atoms with Crippen LogP contribution in [0.5, 0.6) is 0 Å². The van der Waals surface area contributed by atoms with Gasteiger partial charge in [-0.15, -0.1) is 0 Å². The van der Waals surface area contributed by atoms with Gasteiger partial charge >= 0.3 is 6.03 Å². The minimum Gasteiger partial charge on any atom is -0.350 e. The van der Waals surface area contributed by atoms with Crippen molar-refractivity contribution in [2.75, 3.05) is 0 Å². The molecule has 0 saturated carbocycles. The summed E-state index contributed by atoms with van der Waals surface area (Å²) in [7, 11) is 0. The van der Waals surface area contributed by atoms with Crippen molar-refractivity contribution in [2.24, 2.45) is 5.73 Å². The number of rotatable bonds is 2. The molecule has 1 heterocycles. The topological polar surface area (TPSA) is 79.5 Å². The molecular formula is C19H17N3O2. The first-order valence-electron chi connectivity index (χ1n) is 7.85. The number of pyridine rings is 1. The highest BCUT2D eigenvalue weighted by Gasteiger charge is 2.39. The number of para-hydroxylation sites is 1. The number of benzene rings is 2. The Morgan fingerprint density at radius 2 is 1.92 bits per heavy atom. The molecule has 2 amide bonds. The zero-order valence-corrected chi connectivity index (χ0v) is 13.0. The molecular weight excluding hydrogens is 302 g/mol. The number of hydrogen-bond acceptors (Lipinski definition) is 3. The molecule has 3 N–H and O–H groups in total. The third-order valence-corrected chi connectivity index (χ3v) is 4.72. The molecule has 2 atom stereocenters. The lowest BCUT2D eigenvalue weighted by molar-refractivity contribution is -0.0810. The van der Waals surface area contributed by atoms with Crippen LogP contribution in [-0.2, 0) is 6.42 Å². The Morgan fingerprint density at radius 3 is 2.75 bits per heavy atom. The van der Waals surface area contributed by atoms with Gasteiger partial charge in [0, 0.05) is 17.5 Å². The second-order valence-electron chi connectivity index (χ2n) is 6.10. The minimum atomic E-state index is -0.851. The summed E-state index contributed by atoms with van der Waals surface area (Å²) in [5.74, 6) is -0.0861. The van der Waals surface area contributed by atoms with Crippen LogP contribution in [0.25, 0.3) is 10.9 Å². The van der Waals surface area contributed by atoms with Crippen LogP contribution in [0.1, 0.15) is 28.7 Å². The van der Waals surface area contributed by atoms with Gasteiger partial charge in [-0.1, -0.05) is 42.5 Å². The fourth-order valence-electron chi connectivity index (χ4n) is 3.60. The van der Waals surface area contributed by atoms with E-state index >= 15 is 0 Å². The molecule has 3 aromatic rings. The molecule has 24 heavy (non-hydrogen) atoms. The molecule has 1 aliphatic carbocycles. The van der Waals surface area contributed by atoms with Crippen LogP contribution < -0.4 is 5.73 Å². The molecule has 0 fully saturated rings. The van der Waals surface area contributed by atoms with Gasteiger partial charge in [0.05, 0.1) is 11.6 Å². The smallest absolute Gasteiger partial charge is 0.339 e. The van der Waals surface area contributed by atoms with E-state index in [1.54, 1.807) is 0 Å². The Labute approximate surface area is 139 Å². The summed E-state index contributed by atoms with van der Waals surface area (Å²) < 4.78 is 0. The predicted molar refractivity (Wildman–Crippen MR) is 90.6 cm³/mol. The molecule has 4 rings (SSSR count). The van der Waals surface area contributed by atoms with Crippen molar-refractivity contribution in [3.05, 3.63) is 77.5 Å². The molecule has 0 aliphatic heterocycles. The standard InChI is InChI=1S/C19H17N3O2/c20-19(23)22(24)18-15-7-3-1-5-12(15)10-16(18)14-9-13-6-2-4-8-17(13)21-11-14/h1-9,11,16,18,24H,10H2,(H2,20,23). The summed E-state index contributed by atoms with van der Waals surface area (Å²) in [4.78, 5) is 16.1. The summed E-state index contributed by atoms with van der Waals surface area (Å²) in [6.07, 6.45) is 2.55. The first-order valence-corrected chi connectivity index (χ1v) is 7.85. The molecule has 5 nitrogen and oxygen atoms in total. The van der Waals surface area contributed by atoms with Crippen LogP contribution >= 0.6 is 0 Å². The second-order valence-corrected chi connectivity index (χ2v) is 6.10. The van der Waals surface area contributed by atoms with Gasteiger partial charge in [0.15, 0.2) is 0 Å². The lowest BCUT2D eigenvalue weighted by Crippen LogP contribution is -2.37. The molecule has 1 aromatic heterocycles. The largest absolute Gasteiger partial charge is 0.350 e. The van der Waals surface area contributed by atoms with E-state index in [-0.39, 0.29) is 5.92 Å². The minimum absolute atomic E-state index is 0.0861. The van der Waals surface area contributed by atoms with E-state index < -0.39 is 12.1 Å². The number of carbonyl (C=O) groups excluding carboxylic acids is 1. The number of amides is 2. The van der Waals surface area contributed by atoms with Gasteiger partial charge in [0.25, 0.3) is 0 Å². The number of carbonyl (C=O) groups is 1. The van der Waals surface area contributed by atoms with E-state index in [9.17, 15) is 10.0 Å². The highest BCUT2D eigenvalue weighted by Crippen LogP contribution is 2.45. The number of aromatic nitrogens is 1. The van der Waals surface area contributed by atoms with Crippen LogP contribution in [0.4, 0.5) is 4.79 Å². The maximum absolute atomic E-state index is 11.6. The van der Waals surface area contributed by atoms with E-state index in [0.29, 0.717) is 5.06 Å². The highest BCUT2D eigenvalue weighted by atomic mass is 16.5. The number of nitrogens with two attached hydrogens (primary N) is 1. The first kappa shape index (κ1) is 14.7. The molecule has 2 unspecified atom stereocenters. The van der Waals surface area contributed by atoms with Gasteiger partial charge in [-0.3, -0.25) is 10.2 Å². The maximum Gasteiger partial charge on any atom is 0.339 e. The molecule has 0 saturated heterocycles. The van der Waals surface area contributed by atoms with Crippen LogP contribution in [-0.4, -0.2) is 21.3 Å². The quantitative estimate of drug-likeness (QED) is 0.561. The molecule has 0 bridgehead atoms. The van der Waals surface area contributed by atoms with Gasteiger partial charge < -0.3 is 5.73 Å². The second kappa shape index (κ2) is 5.62. The number of fused-ring (bicyclic) bond motifs is 2. The average Bonchev–Trinajstić information content (AvgIpc) is 3.00. The lowest BCUT2D eigenvalue weighted by Gasteiger charge is -2.27. The summed E-state index contributed by atoms with van der Waals surface area (Å²) in [6.45, 7) is 0. The first-order chi connectivity index (χ1) is 11.6. The highest BCUT2D eigenvalue weighted by molar-refractivity contribution is 5.79. The van der Waals surface area contributed by atoms with Crippen molar-refractivity contribution >= 4 is 16.9 Å². The molecule has 5 heteroatoms. The van der Waals surface area contributed by atoms with Crippen LogP contribution in [0.3, 0.4) is 0 Å². The van der Waals surface area contributed by atoms with Crippen LogP contribution in [0.2, 0.25) is 0 Å². The molecule has 0 spiro atoms. The summed E-state index contributed by atoms with van der Waals surface area (Å²) in [5.41, 5.74) is 9.27. The molecule has 120 valence electrons. The van der Waals surface area contributed by atoms with Gasteiger partial charge in [0.2, 0.25) is 0 Å². The monoisotopic (exact) mass is 319 g/mol. The van der Waals surface area contributed by atoms with Gasteiger partial charge in [-0.2, -0.15) is 5.06 Å². The Hall–Kier alpha value is -2.92.